The molecule has 0 aliphatic rings. The fraction of sp³-hybridized carbons (Fsp3) is 0. The first-order chi connectivity index (χ1) is 6.36. The smallest absolute Gasteiger partial charge is 0.139 e. The number of pyridine rings is 1. The van der Waals surface area contributed by atoms with Gasteiger partial charge in [0, 0.05) is 17.8 Å². The first kappa shape index (κ1) is 7.15. The Morgan fingerprint density at radius 3 is 2.92 bits per heavy atom. The lowest BCUT2D eigenvalue weighted by atomic mass is 10.3. The van der Waals surface area contributed by atoms with Gasteiger partial charge in [-0.1, -0.05) is 0 Å². The molecule has 4 heteroatoms. The van der Waals surface area contributed by atoms with Crippen LogP contribution in [0.4, 0.5) is 0 Å². The predicted molar refractivity (Wildman–Crippen MR) is 55.7 cm³/mol. The van der Waals surface area contributed by atoms with E-state index in [1.165, 1.54) is 0 Å². The van der Waals surface area contributed by atoms with Gasteiger partial charge in [0.1, 0.15) is 5.65 Å². The first-order valence-electron chi connectivity index (χ1n) is 3.96. The van der Waals surface area contributed by atoms with Crippen molar-refractivity contribution in [2.24, 2.45) is 0 Å². The number of H-pyrrole nitrogens is 2. The summed E-state index contributed by atoms with van der Waals surface area (Å²) in [5, 5.41) is 1.11. The number of rotatable bonds is 0. The average molecular weight is 236 g/mol. The second-order valence-corrected chi connectivity index (χ2v) is 3.70. The van der Waals surface area contributed by atoms with E-state index in [-0.39, 0.29) is 0 Å². The van der Waals surface area contributed by atoms with Gasteiger partial charge in [0.15, 0.2) is 0 Å². The van der Waals surface area contributed by atoms with E-state index in [0.29, 0.717) is 0 Å². The summed E-state index contributed by atoms with van der Waals surface area (Å²) in [6.07, 6.45) is 3.78. The van der Waals surface area contributed by atoms with Crippen LogP contribution >= 0.6 is 15.9 Å². The third-order valence-electron chi connectivity index (χ3n) is 2.14. The topological polar surface area (TPSA) is 44.5 Å². The molecule has 0 saturated heterocycles. The van der Waals surface area contributed by atoms with Crippen LogP contribution in [0.25, 0.3) is 22.1 Å². The van der Waals surface area contributed by atoms with Gasteiger partial charge in [-0.15, -0.1) is 0 Å². The fourth-order valence-electron chi connectivity index (χ4n) is 1.52. The van der Waals surface area contributed by atoms with E-state index in [0.717, 1.165) is 26.5 Å². The fourth-order valence-corrected chi connectivity index (χ4v) is 2.15. The van der Waals surface area contributed by atoms with E-state index in [4.69, 9.17) is 0 Å². The molecule has 0 spiro atoms. The minimum atomic E-state index is 0.916. The molecule has 3 aromatic rings. The normalized spacial score (nSPS) is 11.5. The highest BCUT2D eigenvalue weighted by Gasteiger charge is 2.07. The molecule has 0 unspecified atom stereocenters. The summed E-state index contributed by atoms with van der Waals surface area (Å²) >= 11 is 3.55. The number of nitrogens with one attached hydrogen (secondary N) is 2. The summed E-state index contributed by atoms with van der Waals surface area (Å²) in [5.41, 5.74) is 2.94. The van der Waals surface area contributed by atoms with Crippen LogP contribution in [0, 0.1) is 0 Å². The highest BCUT2D eigenvalue weighted by atomic mass is 79.9. The SMILES string of the molecule is Brc1c2cc[nH]c2nc2cc[nH]c12. The number of nitrogens with zero attached hydrogens (tertiary/aromatic N) is 1. The Morgan fingerprint density at radius 2 is 2.00 bits per heavy atom. The molecule has 3 nitrogen and oxygen atoms in total. The van der Waals surface area contributed by atoms with Gasteiger partial charge < -0.3 is 9.97 Å². The maximum absolute atomic E-state index is 4.44. The van der Waals surface area contributed by atoms with Gasteiger partial charge in [0.25, 0.3) is 0 Å². The zero-order valence-corrected chi connectivity index (χ0v) is 8.22. The van der Waals surface area contributed by atoms with Crippen LogP contribution in [-0.4, -0.2) is 15.0 Å². The van der Waals surface area contributed by atoms with Crippen LogP contribution in [-0.2, 0) is 0 Å². The van der Waals surface area contributed by atoms with Crippen molar-refractivity contribution in [1.82, 2.24) is 15.0 Å². The monoisotopic (exact) mass is 235 g/mol. The Hall–Kier alpha value is -1.29. The molecule has 0 atom stereocenters. The van der Waals surface area contributed by atoms with Crippen LogP contribution < -0.4 is 0 Å². The first-order valence-corrected chi connectivity index (χ1v) is 4.75. The number of hydrogen-bond donors (Lipinski definition) is 2. The molecule has 0 radical (unpaired) electrons. The van der Waals surface area contributed by atoms with E-state index in [9.17, 15) is 0 Å². The zero-order chi connectivity index (χ0) is 8.84. The van der Waals surface area contributed by atoms with Gasteiger partial charge in [0.2, 0.25) is 0 Å². The Bertz CT molecular complexity index is 530. The van der Waals surface area contributed by atoms with Crippen molar-refractivity contribution in [3.05, 3.63) is 29.0 Å². The molecule has 0 aliphatic carbocycles. The second-order valence-electron chi connectivity index (χ2n) is 2.90. The summed E-state index contributed by atoms with van der Waals surface area (Å²) in [6.45, 7) is 0. The van der Waals surface area contributed by atoms with E-state index >= 15 is 0 Å². The van der Waals surface area contributed by atoms with E-state index in [1.807, 2.05) is 24.5 Å². The van der Waals surface area contributed by atoms with Gasteiger partial charge >= 0.3 is 0 Å². The van der Waals surface area contributed by atoms with Crippen molar-refractivity contribution in [3.63, 3.8) is 0 Å². The molecular weight excluding hydrogens is 230 g/mol. The van der Waals surface area contributed by atoms with Crippen molar-refractivity contribution >= 4 is 38.0 Å². The van der Waals surface area contributed by atoms with Crippen molar-refractivity contribution in [3.8, 4) is 0 Å². The summed E-state index contributed by atoms with van der Waals surface area (Å²) < 4.78 is 1.07. The van der Waals surface area contributed by atoms with Crippen molar-refractivity contribution < 1.29 is 0 Å². The Balaban J connectivity index is 2.67. The molecular formula is C9H6BrN3. The van der Waals surface area contributed by atoms with E-state index < -0.39 is 0 Å². The summed E-state index contributed by atoms with van der Waals surface area (Å²) in [4.78, 5) is 10.7. The molecule has 13 heavy (non-hydrogen) atoms. The molecule has 0 saturated carbocycles. The van der Waals surface area contributed by atoms with Crippen LogP contribution in [0.3, 0.4) is 0 Å². The number of aromatic nitrogens is 3. The summed E-state index contributed by atoms with van der Waals surface area (Å²) in [7, 11) is 0. The van der Waals surface area contributed by atoms with Gasteiger partial charge in [-0.2, -0.15) is 0 Å². The van der Waals surface area contributed by atoms with Crippen LogP contribution in [0.2, 0.25) is 0 Å². The third-order valence-corrected chi connectivity index (χ3v) is 2.96. The highest BCUT2D eigenvalue weighted by molar-refractivity contribution is 9.10. The third kappa shape index (κ3) is 0.862. The van der Waals surface area contributed by atoms with Crippen molar-refractivity contribution in [2.45, 2.75) is 0 Å². The maximum atomic E-state index is 4.44. The van der Waals surface area contributed by atoms with Crippen LogP contribution in [0.5, 0.6) is 0 Å². The maximum Gasteiger partial charge on any atom is 0.139 e. The van der Waals surface area contributed by atoms with Gasteiger partial charge in [-0.3, -0.25) is 0 Å². The molecule has 0 amide bonds. The van der Waals surface area contributed by atoms with E-state index in [1.54, 1.807) is 0 Å². The van der Waals surface area contributed by atoms with Crippen molar-refractivity contribution in [1.29, 1.82) is 0 Å². The molecule has 0 aliphatic heterocycles. The quantitative estimate of drug-likeness (QED) is 0.619. The molecule has 2 N–H and O–H groups in total. The number of halogens is 1. The molecule has 64 valence electrons. The minimum Gasteiger partial charge on any atom is -0.359 e. The molecule has 0 aromatic carbocycles. The van der Waals surface area contributed by atoms with Crippen LogP contribution in [0.1, 0.15) is 0 Å². The molecule has 3 rings (SSSR count). The van der Waals surface area contributed by atoms with Crippen LogP contribution in [0.15, 0.2) is 29.0 Å². The highest BCUT2D eigenvalue weighted by Crippen LogP contribution is 2.28. The lowest BCUT2D eigenvalue weighted by Crippen LogP contribution is -1.79. The number of hydrogen-bond acceptors (Lipinski definition) is 1. The molecule has 3 aromatic heterocycles. The minimum absolute atomic E-state index is 0.916. The average Bonchev–Trinajstić information content (AvgIpc) is 2.71. The number of fused-ring (bicyclic) bond motifs is 2. The predicted octanol–water partition coefficient (Wildman–Crippen LogP) is 2.81. The van der Waals surface area contributed by atoms with Gasteiger partial charge in [-0.05, 0) is 28.1 Å². The second kappa shape index (κ2) is 2.35. The van der Waals surface area contributed by atoms with E-state index in [2.05, 4.69) is 30.9 Å². The van der Waals surface area contributed by atoms with Crippen molar-refractivity contribution in [2.75, 3.05) is 0 Å². The lowest BCUT2D eigenvalue weighted by Gasteiger charge is -1.95. The lowest BCUT2D eigenvalue weighted by molar-refractivity contribution is 1.37. The molecule has 0 bridgehead atoms. The summed E-state index contributed by atoms with van der Waals surface area (Å²) in [6, 6.07) is 3.97. The molecule has 0 fully saturated rings. The Kier molecular flexibility index (Phi) is 1.29. The molecule has 3 heterocycles. The Labute approximate surface area is 82.3 Å². The van der Waals surface area contributed by atoms with Gasteiger partial charge in [0.05, 0.1) is 15.5 Å². The summed E-state index contributed by atoms with van der Waals surface area (Å²) in [5.74, 6) is 0. The Morgan fingerprint density at radius 1 is 1.15 bits per heavy atom. The number of aromatic amines is 2. The zero-order valence-electron chi connectivity index (χ0n) is 6.63. The largest absolute Gasteiger partial charge is 0.359 e. The van der Waals surface area contributed by atoms with Gasteiger partial charge in [-0.25, -0.2) is 4.98 Å². The standard InChI is InChI=1S/C9H6BrN3/c10-7-5-1-3-12-9(5)13-6-2-4-11-8(6)7/h1-4,11H,(H,12,13).